The molecule has 0 amide bonds. The van der Waals surface area contributed by atoms with Gasteiger partial charge in [0.1, 0.15) is 5.01 Å². The van der Waals surface area contributed by atoms with Crippen molar-refractivity contribution >= 4 is 22.7 Å². The molecular formula is C7H8N4S2. The average molecular weight is 212 g/mol. The second kappa shape index (κ2) is 3.49. The largest absolute Gasteiger partial charge is 0.324 e. The van der Waals surface area contributed by atoms with E-state index in [9.17, 15) is 0 Å². The molecule has 0 spiro atoms. The third-order valence-corrected chi connectivity index (χ3v) is 3.61. The Labute approximate surface area is 83.5 Å². The molecule has 0 saturated carbocycles. The van der Waals surface area contributed by atoms with Gasteiger partial charge in [-0.1, -0.05) is 11.3 Å². The highest BCUT2D eigenvalue weighted by molar-refractivity contribution is 7.20. The topological polar surface area (TPSA) is 64.7 Å². The van der Waals surface area contributed by atoms with Crippen molar-refractivity contribution in [1.29, 1.82) is 0 Å². The molecule has 0 aliphatic heterocycles. The quantitative estimate of drug-likeness (QED) is 0.817. The van der Waals surface area contributed by atoms with Gasteiger partial charge in [-0.05, 0) is 6.92 Å². The van der Waals surface area contributed by atoms with E-state index in [1.807, 2.05) is 12.4 Å². The Kier molecular flexibility index (Phi) is 2.34. The van der Waals surface area contributed by atoms with Crippen LogP contribution in [0.4, 0.5) is 0 Å². The third kappa shape index (κ3) is 1.60. The second-order valence-electron chi connectivity index (χ2n) is 2.47. The van der Waals surface area contributed by atoms with Crippen LogP contribution in [0.1, 0.15) is 10.7 Å². The van der Waals surface area contributed by atoms with Crippen molar-refractivity contribution in [2.45, 2.75) is 13.5 Å². The fraction of sp³-hybridized carbons (Fsp3) is 0.286. The van der Waals surface area contributed by atoms with E-state index in [1.54, 1.807) is 11.3 Å². The second-order valence-corrected chi connectivity index (χ2v) is 4.39. The Balaban J connectivity index is 2.41. The highest BCUT2D eigenvalue weighted by Crippen LogP contribution is 2.29. The van der Waals surface area contributed by atoms with Crippen LogP contribution in [0.5, 0.6) is 0 Å². The van der Waals surface area contributed by atoms with Gasteiger partial charge in [-0.25, -0.2) is 4.98 Å². The zero-order valence-electron chi connectivity index (χ0n) is 7.02. The molecule has 0 bridgehead atoms. The summed E-state index contributed by atoms with van der Waals surface area (Å²) in [6.07, 6.45) is 0. The number of nitrogens with zero attached hydrogens (tertiary/aromatic N) is 3. The zero-order chi connectivity index (χ0) is 9.26. The maximum Gasteiger partial charge on any atom is 0.159 e. The lowest BCUT2D eigenvalue weighted by Crippen LogP contribution is -1.94. The van der Waals surface area contributed by atoms with Crippen molar-refractivity contribution in [3.8, 4) is 9.88 Å². The van der Waals surface area contributed by atoms with E-state index in [2.05, 4.69) is 15.2 Å². The Bertz CT molecular complexity index is 406. The van der Waals surface area contributed by atoms with Gasteiger partial charge in [0.05, 0.1) is 16.1 Å². The molecule has 0 saturated heterocycles. The van der Waals surface area contributed by atoms with Crippen LogP contribution >= 0.6 is 22.7 Å². The zero-order valence-corrected chi connectivity index (χ0v) is 8.65. The van der Waals surface area contributed by atoms with Crippen LogP contribution in [0.3, 0.4) is 0 Å². The van der Waals surface area contributed by atoms with Gasteiger partial charge in [0.15, 0.2) is 5.01 Å². The number of hydrogen-bond acceptors (Lipinski definition) is 6. The normalized spacial score (nSPS) is 10.6. The summed E-state index contributed by atoms with van der Waals surface area (Å²) in [5.74, 6) is 0. The summed E-state index contributed by atoms with van der Waals surface area (Å²) in [4.78, 5) is 5.25. The maximum absolute atomic E-state index is 5.45. The standard InChI is InChI=1S/C7H8N4S2/c1-4-6(12-3-9-4)7-11-10-5(2-8)13-7/h3H,2,8H2,1H3. The summed E-state index contributed by atoms with van der Waals surface area (Å²) < 4.78 is 0. The summed E-state index contributed by atoms with van der Waals surface area (Å²) in [7, 11) is 0. The molecule has 6 heteroatoms. The first-order valence-electron chi connectivity index (χ1n) is 3.74. The van der Waals surface area contributed by atoms with Crippen molar-refractivity contribution in [3.05, 3.63) is 16.2 Å². The summed E-state index contributed by atoms with van der Waals surface area (Å²) in [6.45, 7) is 2.42. The number of nitrogens with two attached hydrogens (primary N) is 1. The average Bonchev–Trinajstić information content (AvgIpc) is 2.71. The molecule has 4 nitrogen and oxygen atoms in total. The fourth-order valence-electron chi connectivity index (χ4n) is 0.935. The number of hydrogen-bond donors (Lipinski definition) is 1. The molecule has 13 heavy (non-hydrogen) atoms. The van der Waals surface area contributed by atoms with Crippen LogP contribution in [-0.4, -0.2) is 15.2 Å². The molecule has 0 aliphatic carbocycles. The Morgan fingerprint density at radius 1 is 1.46 bits per heavy atom. The first kappa shape index (κ1) is 8.74. The molecule has 2 aromatic heterocycles. The number of rotatable bonds is 2. The molecule has 0 unspecified atom stereocenters. The van der Waals surface area contributed by atoms with E-state index >= 15 is 0 Å². The van der Waals surface area contributed by atoms with Gasteiger partial charge < -0.3 is 5.73 Å². The first-order valence-corrected chi connectivity index (χ1v) is 5.44. The monoisotopic (exact) mass is 212 g/mol. The number of aromatic nitrogens is 3. The summed E-state index contributed by atoms with van der Waals surface area (Å²) >= 11 is 3.11. The molecule has 2 N–H and O–H groups in total. The Morgan fingerprint density at radius 3 is 2.85 bits per heavy atom. The summed E-state index contributed by atoms with van der Waals surface area (Å²) in [6, 6.07) is 0. The van der Waals surface area contributed by atoms with Crippen molar-refractivity contribution in [1.82, 2.24) is 15.2 Å². The molecule has 0 aliphatic rings. The maximum atomic E-state index is 5.45. The van der Waals surface area contributed by atoms with Gasteiger partial charge in [0.25, 0.3) is 0 Å². The minimum atomic E-state index is 0.454. The van der Waals surface area contributed by atoms with Crippen LogP contribution in [0.15, 0.2) is 5.51 Å². The lowest BCUT2D eigenvalue weighted by atomic mass is 10.4. The van der Waals surface area contributed by atoms with Gasteiger partial charge in [-0.15, -0.1) is 21.5 Å². The molecular weight excluding hydrogens is 204 g/mol. The predicted molar refractivity (Wildman–Crippen MR) is 53.6 cm³/mol. The van der Waals surface area contributed by atoms with Crippen molar-refractivity contribution < 1.29 is 0 Å². The van der Waals surface area contributed by atoms with Crippen molar-refractivity contribution in [3.63, 3.8) is 0 Å². The van der Waals surface area contributed by atoms with Crippen LogP contribution < -0.4 is 5.73 Å². The Hall–Kier alpha value is -0.850. The molecule has 0 fully saturated rings. The van der Waals surface area contributed by atoms with E-state index in [0.717, 1.165) is 20.6 Å². The molecule has 0 radical (unpaired) electrons. The first-order chi connectivity index (χ1) is 6.31. The summed E-state index contributed by atoms with van der Waals surface area (Å²) in [5.41, 5.74) is 8.27. The van der Waals surface area contributed by atoms with Crippen LogP contribution in [0, 0.1) is 6.92 Å². The van der Waals surface area contributed by atoms with Crippen molar-refractivity contribution in [2.24, 2.45) is 5.73 Å². The van der Waals surface area contributed by atoms with E-state index in [1.165, 1.54) is 11.3 Å². The predicted octanol–water partition coefficient (Wildman–Crippen LogP) is 1.43. The van der Waals surface area contributed by atoms with Crippen LogP contribution in [0.2, 0.25) is 0 Å². The molecule has 0 atom stereocenters. The lowest BCUT2D eigenvalue weighted by Gasteiger charge is -1.87. The Morgan fingerprint density at radius 2 is 2.31 bits per heavy atom. The van der Waals surface area contributed by atoms with Gasteiger partial charge in [0.2, 0.25) is 0 Å². The molecule has 68 valence electrons. The number of aryl methyl sites for hydroxylation is 1. The molecule has 0 aromatic carbocycles. The van der Waals surface area contributed by atoms with E-state index in [-0.39, 0.29) is 0 Å². The van der Waals surface area contributed by atoms with E-state index < -0.39 is 0 Å². The number of thiazole rings is 1. The third-order valence-electron chi connectivity index (χ3n) is 1.58. The fourth-order valence-corrected chi connectivity index (χ4v) is 2.60. The minimum absolute atomic E-state index is 0.454. The highest BCUT2D eigenvalue weighted by Gasteiger charge is 2.09. The minimum Gasteiger partial charge on any atom is -0.324 e. The molecule has 2 aromatic rings. The van der Waals surface area contributed by atoms with E-state index in [4.69, 9.17) is 5.73 Å². The molecule has 2 heterocycles. The van der Waals surface area contributed by atoms with Gasteiger partial charge >= 0.3 is 0 Å². The lowest BCUT2D eigenvalue weighted by molar-refractivity contribution is 0.960. The summed E-state index contributed by atoms with van der Waals surface area (Å²) in [5, 5.41) is 9.78. The SMILES string of the molecule is Cc1ncsc1-c1nnc(CN)s1. The van der Waals surface area contributed by atoms with Gasteiger partial charge in [-0.2, -0.15) is 0 Å². The van der Waals surface area contributed by atoms with Gasteiger partial charge in [-0.3, -0.25) is 0 Å². The highest BCUT2D eigenvalue weighted by atomic mass is 32.1. The van der Waals surface area contributed by atoms with Crippen LogP contribution in [-0.2, 0) is 6.54 Å². The van der Waals surface area contributed by atoms with Crippen LogP contribution in [0.25, 0.3) is 9.88 Å². The molecule has 2 rings (SSSR count). The van der Waals surface area contributed by atoms with Gasteiger partial charge in [0, 0.05) is 6.54 Å². The smallest absolute Gasteiger partial charge is 0.159 e. The van der Waals surface area contributed by atoms with Crippen molar-refractivity contribution in [2.75, 3.05) is 0 Å². The van der Waals surface area contributed by atoms with E-state index in [0.29, 0.717) is 6.54 Å².